The van der Waals surface area contributed by atoms with Crippen molar-refractivity contribution in [2.24, 2.45) is 0 Å². The summed E-state index contributed by atoms with van der Waals surface area (Å²) in [6, 6.07) is 7.57. The molecule has 0 bridgehead atoms. The molecule has 0 unspecified atom stereocenters. The lowest BCUT2D eigenvalue weighted by Crippen LogP contribution is -2.37. The van der Waals surface area contributed by atoms with Gasteiger partial charge >= 0.3 is 0 Å². The molecule has 0 aliphatic carbocycles. The predicted octanol–water partition coefficient (Wildman–Crippen LogP) is 3.35. The van der Waals surface area contributed by atoms with Gasteiger partial charge in [0.05, 0.1) is 41.4 Å². The van der Waals surface area contributed by atoms with Gasteiger partial charge in [0.15, 0.2) is 0 Å². The monoisotopic (exact) mass is 439 g/mol. The molecule has 4 rings (SSSR count). The Hall–Kier alpha value is -2.61. The smallest absolute Gasteiger partial charge is 0.272 e. The van der Waals surface area contributed by atoms with Crippen molar-refractivity contribution in [2.75, 3.05) is 32.8 Å². The SMILES string of the molecule is Cc1nccnc1C(=O)N[C@@H](C)c1cc2cccc(Cl)c2c(CCN2CCOCC2)n1. The Labute approximate surface area is 186 Å². The van der Waals surface area contributed by atoms with Crippen LogP contribution in [0.15, 0.2) is 36.7 Å². The van der Waals surface area contributed by atoms with Crippen LogP contribution in [0, 0.1) is 6.92 Å². The van der Waals surface area contributed by atoms with Crippen molar-refractivity contribution in [1.82, 2.24) is 25.2 Å². The molecule has 1 aliphatic rings. The zero-order chi connectivity index (χ0) is 21.8. The molecule has 3 heterocycles. The number of amides is 1. The standard InChI is InChI=1S/C23H26ClN5O2/c1-15(27-23(30)22-16(2)25-7-8-26-22)20-14-17-4-3-5-18(24)21(17)19(28-20)6-9-29-10-12-31-13-11-29/h3-5,7-8,14-15H,6,9-13H2,1-2H3,(H,27,30)/t15-/m0/s1. The highest BCUT2D eigenvalue weighted by Crippen LogP contribution is 2.29. The normalized spacial score (nSPS) is 15.7. The van der Waals surface area contributed by atoms with E-state index in [0.29, 0.717) is 16.4 Å². The third-order valence-corrected chi connectivity index (χ3v) is 5.87. The molecule has 2 aromatic heterocycles. The van der Waals surface area contributed by atoms with E-state index < -0.39 is 0 Å². The van der Waals surface area contributed by atoms with Gasteiger partial charge in [-0.2, -0.15) is 0 Å². The van der Waals surface area contributed by atoms with Crippen molar-refractivity contribution < 1.29 is 9.53 Å². The van der Waals surface area contributed by atoms with Crippen LogP contribution in [-0.4, -0.2) is 58.6 Å². The van der Waals surface area contributed by atoms with Gasteiger partial charge < -0.3 is 10.1 Å². The number of ether oxygens (including phenoxy) is 1. The highest BCUT2D eigenvalue weighted by Gasteiger charge is 2.19. The lowest BCUT2D eigenvalue weighted by atomic mass is 10.0. The van der Waals surface area contributed by atoms with Gasteiger partial charge in [0.1, 0.15) is 5.69 Å². The van der Waals surface area contributed by atoms with Crippen molar-refractivity contribution >= 4 is 28.3 Å². The molecule has 7 nitrogen and oxygen atoms in total. The zero-order valence-corrected chi connectivity index (χ0v) is 18.5. The topological polar surface area (TPSA) is 80.2 Å². The van der Waals surface area contributed by atoms with Crippen LogP contribution in [0.3, 0.4) is 0 Å². The summed E-state index contributed by atoms with van der Waals surface area (Å²) < 4.78 is 5.45. The van der Waals surface area contributed by atoms with E-state index in [-0.39, 0.29) is 11.9 Å². The van der Waals surface area contributed by atoms with Gasteiger partial charge in [0, 0.05) is 43.8 Å². The molecule has 162 valence electrons. The van der Waals surface area contributed by atoms with Crippen molar-refractivity contribution in [1.29, 1.82) is 0 Å². The second-order valence-corrected chi connectivity index (χ2v) is 8.13. The number of halogens is 1. The van der Waals surface area contributed by atoms with E-state index in [1.54, 1.807) is 13.1 Å². The number of nitrogens with zero attached hydrogens (tertiary/aromatic N) is 4. The number of morpholine rings is 1. The molecular weight excluding hydrogens is 414 g/mol. The van der Waals surface area contributed by atoms with Crippen molar-refractivity contribution in [2.45, 2.75) is 26.3 Å². The molecule has 1 N–H and O–H groups in total. The number of rotatable bonds is 6. The van der Waals surface area contributed by atoms with Crippen LogP contribution in [0.4, 0.5) is 0 Å². The minimum Gasteiger partial charge on any atom is -0.379 e. The summed E-state index contributed by atoms with van der Waals surface area (Å²) in [5.41, 5.74) is 2.66. The molecule has 1 amide bonds. The summed E-state index contributed by atoms with van der Waals surface area (Å²) in [5.74, 6) is -0.263. The molecule has 1 aromatic carbocycles. The number of carbonyl (C=O) groups excluding carboxylic acids is 1. The lowest BCUT2D eigenvalue weighted by molar-refractivity contribution is 0.0384. The molecule has 3 aromatic rings. The van der Waals surface area contributed by atoms with Gasteiger partial charge in [0.25, 0.3) is 5.91 Å². The van der Waals surface area contributed by atoms with E-state index in [9.17, 15) is 4.79 Å². The van der Waals surface area contributed by atoms with E-state index >= 15 is 0 Å². The molecule has 1 fully saturated rings. The van der Waals surface area contributed by atoms with Gasteiger partial charge in [0.2, 0.25) is 0 Å². The average Bonchev–Trinajstić information content (AvgIpc) is 2.78. The second kappa shape index (κ2) is 9.68. The van der Waals surface area contributed by atoms with Gasteiger partial charge in [-0.05, 0) is 31.4 Å². The number of carbonyl (C=O) groups is 1. The maximum absolute atomic E-state index is 12.7. The molecule has 0 saturated carbocycles. The first-order valence-corrected chi connectivity index (χ1v) is 10.9. The number of aryl methyl sites for hydroxylation is 1. The van der Waals surface area contributed by atoms with E-state index in [1.807, 2.05) is 31.2 Å². The fourth-order valence-electron chi connectivity index (χ4n) is 3.83. The summed E-state index contributed by atoms with van der Waals surface area (Å²) in [4.78, 5) is 28.3. The minimum absolute atomic E-state index is 0.263. The number of aromatic nitrogens is 3. The summed E-state index contributed by atoms with van der Waals surface area (Å²) >= 11 is 6.54. The Balaban J connectivity index is 1.59. The molecule has 8 heteroatoms. The first-order valence-electron chi connectivity index (χ1n) is 10.5. The first kappa shape index (κ1) is 21.6. The van der Waals surface area contributed by atoms with E-state index in [1.165, 1.54) is 6.20 Å². The Morgan fingerprint density at radius 1 is 1.26 bits per heavy atom. The summed E-state index contributed by atoms with van der Waals surface area (Å²) in [5, 5.41) is 5.69. The quantitative estimate of drug-likeness (QED) is 0.634. The number of fused-ring (bicyclic) bond motifs is 1. The number of benzene rings is 1. The zero-order valence-electron chi connectivity index (χ0n) is 17.8. The second-order valence-electron chi connectivity index (χ2n) is 7.72. The van der Waals surface area contributed by atoms with Crippen molar-refractivity contribution in [3.8, 4) is 0 Å². The van der Waals surface area contributed by atoms with Gasteiger partial charge in [-0.25, -0.2) is 4.98 Å². The van der Waals surface area contributed by atoms with Crippen LogP contribution in [0.2, 0.25) is 5.02 Å². The van der Waals surface area contributed by atoms with Gasteiger partial charge in [-0.1, -0.05) is 23.7 Å². The van der Waals surface area contributed by atoms with Gasteiger partial charge in [-0.15, -0.1) is 0 Å². The van der Waals surface area contributed by atoms with E-state index in [4.69, 9.17) is 21.3 Å². The van der Waals surface area contributed by atoms with Gasteiger partial charge in [-0.3, -0.25) is 19.7 Å². The maximum atomic E-state index is 12.7. The highest BCUT2D eigenvalue weighted by molar-refractivity contribution is 6.35. The fraction of sp³-hybridized carbons (Fsp3) is 0.391. The first-order chi connectivity index (χ1) is 15.0. The Morgan fingerprint density at radius 3 is 2.81 bits per heavy atom. The van der Waals surface area contributed by atoms with Crippen LogP contribution in [-0.2, 0) is 11.2 Å². The van der Waals surface area contributed by atoms with Crippen LogP contribution in [0.5, 0.6) is 0 Å². The van der Waals surface area contributed by atoms with Crippen LogP contribution < -0.4 is 5.32 Å². The Morgan fingerprint density at radius 2 is 2.03 bits per heavy atom. The number of hydrogen-bond acceptors (Lipinski definition) is 6. The third-order valence-electron chi connectivity index (χ3n) is 5.56. The van der Waals surface area contributed by atoms with E-state index in [2.05, 4.69) is 20.2 Å². The minimum atomic E-state index is -0.292. The number of pyridine rings is 1. The maximum Gasteiger partial charge on any atom is 0.272 e. The summed E-state index contributed by atoms with van der Waals surface area (Å²) in [7, 11) is 0. The predicted molar refractivity (Wildman–Crippen MR) is 120 cm³/mol. The third kappa shape index (κ3) is 5.01. The van der Waals surface area contributed by atoms with Crippen LogP contribution in [0.1, 0.15) is 40.5 Å². The molecule has 0 radical (unpaired) electrons. The van der Waals surface area contributed by atoms with Crippen molar-refractivity contribution in [3.63, 3.8) is 0 Å². The molecular formula is C23H26ClN5O2. The molecule has 0 spiro atoms. The average molecular weight is 440 g/mol. The fourth-order valence-corrected chi connectivity index (χ4v) is 4.12. The Kier molecular flexibility index (Phi) is 6.75. The largest absolute Gasteiger partial charge is 0.379 e. The number of nitrogens with one attached hydrogen (secondary N) is 1. The highest BCUT2D eigenvalue weighted by atomic mass is 35.5. The Bertz CT molecular complexity index is 1080. The lowest BCUT2D eigenvalue weighted by Gasteiger charge is -2.26. The van der Waals surface area contributed by atoms with Crippen molar-refractivity contribution in [3.05, 3.63) is 64.5 Å². The number of hydrogen-bond donors (Lipinski definition) is 1. The van der Waals surface area contributed by atoms with Crippen LogP contribution in [0.25, 0.3) is 10.8 Å². The molecule has 1 aliphatic heterocycles. The molecule has 31 heavy (non-hydrogen) atoms. The van der Waals surface area contributed by atoms with Crippen LogP contribution >= 0.6 is 11.6 Å². The summed E-state index contributed by atoms with van der Waals surface area (Å²) in [6.45, 7) is 7.96. The molecule has 1 atom stereocenters. The van der Waals surface area contributed by atoms with E-state index in [0.717, 1.165) is 61.4 Å². The summed E-state index contributed by atoms with van der Waals surface area (Å²) in [6.07, 6.45) is 3.87. The molecule has 1 saturated heterocycles.